The number of aromatic nitrogens is 4. The number of piperidine rings is 1. The minimum absolute atomic E-state index is 0.112. The highest BCUT2D eigenvalue weighted by Crippen LogP contribution is 2.34. The molecular formula is C23H27ClN6O. The van der Waals surface area contributed by atoms with Crippen molar-refractivity contribution in [2.24, 2.45) is 0 Å². The minimum Gasteiger partial charge on any atom is -0.347 e. The van der Waals surface area contributed by atoms with Crippen LogP contribution < -0.4 is 4.90 Å². The van der Waals surface area contributed by atoms with Gasteiger partial charge in [-0.15, -0.1) is 0 Å². The molecule has 0 aliphatic carbocycles. The van der Waals surface area contributed by atoms with Crippen molar-refractivity contribution >= 4 is 23.5 Å². The summed E-state index contributed by atoms with van der Waals surface area (Å²) in [5.74, 6) is 1.78. The number of hydrogen-bond donors (Lipinski definition) is 0. The number of carbonyl (C=O) groups is 1. The summed E-state index contributed by atoms with van der Waals surface area (Å²) in [5.41, 5.74) is 3.01. The highest BCUT2D eigenvalue weighted by atomic mass is 35.5. The van der Waals surface area contributed by atoms with Crippen molar-refractivity contribution in [2.45, 2.75) is 32.2 Å². The SMILES string of the molecule is Cc1nccn1CC(=O)N1CCC[C@H](c2nc(N(C)C)ncc2-c2ccc(Cl)cc2)C1. The van der Waals surface area contributed by atoms with Crippen LogP contribution in [-0.4, -0.2) is 57.5 Å². The van der Waals surface area contributed by atoms with E-state index in [4.69, 9.17) is 16.6 Å². The van der Waals surface area contributed by atoms with Gasteiger partial charge in [-0.1, -0.05) is 23.7 Å². The van der Waals surface area contributed by atoms with E-state index in [9.17, 15) is 4.79 Å². The van der Waals surface area contributed by atoms with Crippen LogP contribution in [0.1, 0.15) is 30.3 Å². The van der Waals surface area contributed by atoms with E-state index < -0.39 is 0 Å². The molecule has 7 nitrogen and oxygen atoms in total. The van der Waals surface area contributed by atoms with Gasteiger partial charge in [0.2, 0.25) is 11.9 Å². The Morgan fingerprint density at radius 1 is 1.23 bits per heavy atom. The third-order valence-electron chi connectivity index (χ3n) is 5.75. The molecule has 1 aromatic carbocycles. The molecule has 0 saturated carbocycles. The zero-order valence-corrected chi connectivity index (χ0v) is 18.9. The molecule has 0 N–H and O–H groups in total. The third-order valence-corrected chi connectivity index (χ3v) is 6.00. The van der Waals surface area contributed by atoms with Gasteiger partial charge in [0, 0.05) is 62.3 Å². The van der Waals surface area contributed by atoms with E-state index >= 15 is 0 Å². The smallest absolute Gasteiger partial charge is 0.242 e. The number of benzene rings is 1. The largest absolute Gasteiger partial charge is 0.347 e. The summed E-state index contributed by atoms with van der Waals surface area (Å²) in [4.78, 5) is 30.5. The van der Waals surface area contributed by atoms with Crippen molar-refractivity contribution in [1.82, 2.24) is 24.4 Å². The van der Waals surface area contributed by atoms with Crippen molar-refractivity contribution in [3.8, 4) is 11.1 Å². The predicted molar refractivity (Wildman–Crippen MR) is 122 cm³/mol. The second-order valence-corrected chi connectivity index (χ2v) is 8.59. The molecule has 3 aromatic rings. The Morgan fingerprint density at radius 3 is 2.68 bits per heavy atom. The van der Waals surface area contributed by atoms with Crippen LogP contribution in [0.5, 0.6) is 0 Å². The van der Waals surface area contributed by atoms with E-state index in [1.807, 2.05) is 72.0 Å². The van der Waals surface area contributed by atoms with Crippen molar-refractivity contribution in [1.29, 1.82) is 0 Å². The normalized spacial score (nSPS) is 16.4. The summed E-state index contributed by atoms with van der Waals surface area (Å²) in [6.45, 7) is 3.64. The number of likely N-dealkylation sites (tertiary alicyclic amines) is 1. The van der Waals surface area contributed by atoms with Crippen molar-refractivity contribution < 1.29 is 4.79 Å². The number of halogens is 1. The molecule has 1 aliphatic rings. The molecule has 1 aliphatic heterocycles. The first-order valence-electron chi connectivity index (χ1n) is 10.5. The molecule has 2 aromatic heterocycles. The lowest BCUT2D eigenvalue weighted by molar-refractivity contribution is -0.133. The fourth-order valence-corrected chi connectivity index (χ4v) is 4.13. The number of imidazole rings is 1. The summed E-state index contributed by atoms with van der Waals surface area (Å²) in [6.07, 6.45) is 7.39. The van der Waals surface area contributed by atoms with Gasteiger partial charge in [-0.3, -0.25) is 4.79 Å². The van der Waals surface area contributed by atoms with E-state index in [1.54, 1.807) is 6.20 Å². The number of anilines is 1. The summed E-state index contributed by atoms with van der Waals surface area (Å²) in [5, 5.41) is 0.695. The Balaban J connectivity index is 1.62. The number of carbonyl (C=O) groups excluding carboxylic acids is 1. The summed E-state index contributed by atoms with van der Waals surface area (Å²) in [6, 6.07) is 7.75. The molecule has 1 atom stereocenters. The van der Waals surface area contributed by atoms with Crippen LogP contribution in [0.2, 0.25) is 5.02 Å². The lowest BCUT2D eigenvalue weighted by atomic mass is 9.90. The fourth-order valence-electron chi connectivity index (χ4n) is 4.01. The van der Waals surface area contributed by atoms with Crippen LogP contribution in [0.3, 0.4) is 0 Å². The molecule has 1 amide bonds. The molecule has 0 unspecified atom stereocenters. The summed E-state index contributed by atoms with van der Waals surface area (Å²) < 4.78 is 1.89. The molecule has 1 fully saturated rings. The molecule has 8 heteroatoms. The Hall–Kier alpha value is -2.93. The number of aryl methyl sites for hydroxylation is 1. The average Bonchev–Trinajstić information content (AvgIpc) is 3.18. The number of amides is 1. The maximum absolute atomic E-state index is 13.0. The monoisotopic (exact) mass is 438 g/mol. The first-order valence-corrected chi connectivity index (χ1v) is 10.9. The highest BCUT2D eigenvalue weighted by Gasteiger charge is 2.28. The van der Waals surface area contributed by atoms with E-state index in [0.717, 1.165) is 42.0 Å². The van der Waals surface area contributed by atoms with Crippen LogP contribution in [0.15, 0.2) is 42.9 Å². The van der Waals surface area contributed by atoms with Gasteiger partial charge in [-0.2, -0.15) is 0 Å². The lowest BCUT2D eigenvalue weighted by Crippen LogP contribution is -2.41. The molecule has 4 rings (SSSR count). The van der Waals surface area contributed by atoms with Gasteiger partial charge in [0.25, 0.3) is 0 Å². The molecule has 162 valence electrons. The number of nitrogens with zero attached hydrogens (tertiary/aromatic N) is 6. The minimum atomic E-state index is 0.112. The molecule has 0 spiro atoms. The van der Waals surface area contributed by atoms with Crippen LogP contribution in [-0.2, 0) is 11.3 Å². The second-order valence-electron chi connectivity index (χ2n) is 8.15. The van der Waals surface area contributed by atoms with E-state index in [0.29, 0.717) is 24.1 Å². The van der Waals surface area contributed by atoms with Gasteiger partial charge in [-0.05, 0) is 37.5 Å². The highest BCUT2D eigenvalue weighted by molar-refractivity contribution is 6.30. The van der Waals surface area contributed by atoms with Gasteiger partial charge < -0.3 is 14.4 Å². The quantitative estimate of drug-likeness (QED) is 0.606. The zero-order valence-electron chi connectivity index (χ0n) is 18.1. The Morgan fingerprint density at radius 2 is 2.00 bits per heavy atom. The van der Waals surface area contributed by atoms with E-state index in [2.05, 4.69) is 9.97 Å². The van der Waals surface area contributed by atoms with E-state index in [1.165, 1.54) is 0 Å². The van der Waals surface area contributed by atoms with Gasteiger partial charge in [0.15, 0.2) is 0 Å². The lowest BCUT2D eigenvalue weighted by Gasteiger charge is -2.33. The molecule has 0 bridgehead atoms. The van der Waals surface area contributed by atoms with Crippen LogP contribution in [0, 0.1) is 6.92 Å². The molecule has 0 radical (unpaired) electrons. The molecular weight excluding hydrogens is 412 g/mol. The number of rotatable bonds is 5. The predicted octanol–water partition coefficient (Wildman–Crippen LogP) is 3.77. The van der Waals surface area contributed by atoms with Crippen LogP contribution in [0.4, 0.5) is 5.95 Å². The molecule has 31 heavy (non-hydrogen) atoms. The van der Waals surface area contributed by atoms with Crippen molar-refractivity contribution in [3.63, 3.8) is 0 Å². The molecule has 1 saturated heterocycles. The fraction of sp³-hybridized carbons (Fsp3) is 0.391. The van der Waals surface area contributed by atoms with Gasteiger partial charge in [0.05, 0.1) is 5.69 Å². The van der Waals surface area contributed by atoms with Gasteiger partial charge in [0.1, 0.15) is 12.4 Å². The average molecular weight is 439 g/mol. The topological polar surface area (TPSA) is 67.2 Å². The summed E-state index contributed by atoms with van der Waals surface area (Å²) >= 11 is 6.09. The standard InChI is InChI=1S/C23H27ClN6O/c1-16-25-10-12-29(16)15-21(31)30-11-4-5-18(14-30)22-20(13-26-23(27-22)28(2)3)17-6-8-19(24)9-7-17/h6-10,12-13,18H,4-5,11,14-15H2,1-3H3/t18-/m0/s1. The maximum Gasteiger partial charge on any atom is 0.242 e. The first-order chi connectivity index (χ1) is 14.9. The van der Waals surface area contributed by atoms with E-state index in [-0.39, 0.29) is 11.8 Å². The van der Waals surface area contributed by atoms with Crippen molar-refractivity contribution in [3.05, 3.63) is 59.4 Å². The van der Waals surface area contributed by atoms with Gasteiger partial charge >= 0.3 is 0 Å². The van der Waals surface area contributed by atoms with Gasteiger partial charge in [-0.25, -0.2) is 15.0 Å². The Labute approximate surface area is 187 Å². The van der Waals surface area contributed by atoms with Crippen LogP contribution >= 0.6 is 11.6 Å². The Bertz CT molecular complexity index is 1060. The maximum atomic E-state index is 13.0. The molecule has 3 heterocycles. The Kier molecular flexibility index (Phi) is 6.23. The van der Waals surface area contributed by atoms with Crippen molar-refractivity contribution in [2.75, 3.05) is 32.1 Å². The zero-order chi connectivity index (χ0) is 22.0. The van der Waals surface area contributed by atoms with Crippen LogP contribution in [0.25, 0.3) is 11.1 Å². The second kappa shape index (κ2) is 9.06. The first kappa shape index (κ1) is 21.3. The number of hydrogen-bond acceptors (Lipinski definition) is 5. The summed E-state index contributed by atoms with van der Waals surface area (Å²) in [7, 11) is 3.87. The third kappa shape index (κ3) is 4.71.